The summed E-state index contributed by atoms with van der Waals surface area (Å²) in [6, 6.07) is 7.30. The number of anilines is 1. The Labute approximate surface area is 223 Å². The largest absolute Gasteiger partial charge is 0.337 e. The van der Waals surface area contributed by atoms with Gasteiger partial charge >= 0.3 is 0 Å². The van der Waals surface area contributed by atoms with Gasteiger partial charge in [0.25, 0.3) is 11.8 Å². The molecule has 0 radical (unpaired) electrons. The van der Waals surface area contributed by atoms with E-state index in [4.69, 9.17) is 0 Å². The first kappa shape index (κ1) is 24.4. The molecule has 2 amide bonds. The average Bonchev–Trinajstić information content (AvgIpc) is 3.56. The summed E-state index contributed by atoms with van der Waals surface area (Å²) in [4.78, 5) is 44.5. The molecule has 38 heavy (non-hydrogen) atoms. The summed E-state index contributed by atoms with van der Waals surface area (Å²) in [5.41, 5.74) is 5.24. The predicted octanol–water partition coefficient (Wildman–Crippen LogP) is 3.99. The van der Waals surface area contributed by atoms with E-state index in [1.165, 1.54) is 11.3 Å². The molecule has 10 nitrogen and oxygen atoms in total. The van der Waals surface area contributed by atoms with Gasteiger partial charge in [0.15, 0.2) is 17.1 Å². The zero-order chi connectivity index (χ0) is 26.4. The lowest BCUT2D eigenvalue weighted by Crippen LogP contribution is -2.39. The number of aromatic nitrogens is 5. The number of amides is 2. The molecule has 6 rings (SSSR count). The molecule has 2 aliphatic rings. The Morgan fingerprint density at radius 3 is 2.71 bits per heavy atom. The Balaban J connectivity index is 1.09. The second-order valence-corrected chi connectivity index (χ2v) is 10.8. The van der Waals surface area contributed by atoms with Crippen LogP contribution in [0.25, 0.3) is 5.65 Å². The predicted molar refractivity (Wildman–Crippen MR) is 142 cm³/mol. The van der Waals surface area contributed by atoms with Crippen molar-refractivity contribution in [3.05, 3.63) is 68.6 Å². The lowest BCUT2D eigenvalue weighted by atomic mass is 9.90. The Morgan fingerprint density at radius 1 is 1.08 bits per heavy atom. The fourth-order valence-electron chi connectivity index (χ4n) is 5.25. The summed E-state index contributed by atoms with van der Waals surface area (Å²) in [5, 5.41) is 18.4. The standard InChI is InChI=1S/C27H27N7O3S/c1-15-12-23-30-31-24(16(2)34(23)32-15)27(37)33-10-8-17(9-11-33)26-29-21(14-38-26)25(36)28-19-6-7-20-18(13-19)4-3-5-22(20)35/h6-7,12-14,17H,3-5,8-11H2,1-2H3,(H,28,36). The molecule has 0 unspecified atom stereocenters. The number of carbonyl (C=O) groups is 3. The highest BCUT2D eigenvalue weighted by Gasteiger charge is 2.29. The van der Waals surface area contributed by atoms with E-state index >= 15 is 0 Å². The van der Waals surface area contributed by atoms with Gasteiger partial charge in [-0.1, -0.05) is 0 Å². The summed E-state index contributed by atoms with van der Waals surface area (Å²) >= 11 is 1.48. The number of nitrogens with one attached hydrogen (secondary N) is 1. The molecule has 4 heterocycles. The lowest BCUT2D eigenvalue weighted by Gasteiger charge is -2.31. The number of ketones is 1. The van der Waals surface area contributed by atoms with E-state index < -0.39 is 0 Å². The molecule has 1 aromatic carbocycles. The monoisotopic (exact) mass is 529 g/mol. The number of likely N-dealkylation sites (tertiary alicyclic amines) is 1. The number of Topliss-reactive ketones (excluding diaryl/α,β-unsaturated/α-hetero) is 1. The number of carbonyl (C=O) groups excluding carboxylic acids is 3. The van der Waals surface area contributed by atoms with Crippen molar-refractivity contribution in [1.82, 2.24) is 29.7 Å². The van der Waals surface area contributed by atoms with Crippen LogP contribution >= 0.6 is 11.3 Å². The lowest BCUT2D eigenvalue weighted by molar-refractivity contribution is 0.0703. The number of aryl methyl sites for hydroxylation is 3. The van der Waals surface area contributed by atoms with Crippen molar-refractivity contribution in [2.45, 2.75) is 51.9 Å². The zero-order valence-electron chi connectivity index (χ0n) is 21.2. The average molecular weight is 530 g/mol. The van der Waals surface area contributed by atoms with E-state index in [2.05, 4.69) is 25.6 Å². The second kappa shape index (κ2) is 9.71. The van der Waals surface area contributed by atoms with Gasteiger partial charge in [-0.2, -0.15) is 5.10 Å². The topological polar surface area (TPSA) is 122 Å². The minimum absolute atomic E-state index is 0.144. The fourth-order valence-corrected chi connectivity index (χ4v) is 6.22. The van der Waals surface area contributed by atoms with Crippen LogP contribution in [-0.2, 0) is 6.42 Å². The summed E-state index contributed by atoms with van der Waals surface area (Å²) in [6.45, 7) is 4.87. The van der Waals surface area contributed by atoms with Crippen LogP contribution in [0.3, 0.4) is 0 Å². The summed E-state index contributed by atoms with van der Waals surface area (Å²) in [6.07, 6.45) is 3.79. The van der Waals surface area contributed by atoms with Gasteiger partial charge < -0.3 is 10.2 Å². The van der Waals surface area contributed by atoms with Crippen LogP contribution in [-0.4, -0.2) is 60.4 Å². The number of rotatable bonds is 4. The van der Waals surface area contributed by atoms with Gasteiger partial charge in [-0.15, -0.1) is 21.5 Å². The number of thiazole rings is 1. The number of piperidine rings is 1. The van der Waals surface area contributed by atoms with E-state index in [1.807, 2.05) is 26.0 Å². The third-order valence-electron chi connectivity index (χ3n) is 7.33. The van der Waals surface area contributed by atoms with Gasteiger partial charge in [-0.25, -0.2) is 9.50 Å². The van der Waals surface area contributed by atoms with Crippen molar-refractivity contribution in [2.75, 3.05) is 18.4 Å². The Hall–Kier alpha value is -3.99. The SMILES string of the molecule is Cc1cc2nnc(C(=O)N3CCC(c4nc(C(=O)Nc5ccc6c(c5)CCCC6=O)cs4)CC3)c(C)n2n1. The molecule has 11 heteroatoms. The number of hydrogen-bond donors (Lipinski definition) is 1. The molecule has 0 saturated carbocycles. The van der Waals surface area contributed by atoms with Gasteiger partial charge in [0.1, 0.15) is 5.69 Å². The highest BCUT2D eigenvalue weighted by Crippen LogP contribution is 2.31. The minimum atomic E-state index is -0.263. The van der Waals surface area contributed by atoms with E-state index in [0.29, 0.717) is 47.9 Å². The quantitative estimate of drug-likeness (QED) is 0.424. The van der Waals surface area contributed by atoms with E-state index in [9.17, 15) is 14.4 Å². The molecule has 1 saturated heterocycles. The molecule has 0 bridgehead atoms. The van der Waals surface area contributed by atoms with Crippen molar-refractivity contribution >= 4 is 40.3 Å². The summed E-state index contributed by atoms with van der Waals surface area (Å²) in [7, 11) is 0. The van der Waals surface area contributed by atoms with E-state index in [0.717, 1.165) is 47.5 Å². The number of benzene rings is 1. The number of nitrogens with zero attached hydrogens (tertiary/aromatic N) is 6. The summed E-state index contributed by atoms with van der Waals surface area (Å²) < 4.78 is 1.66. The van der Waals surface area contributed by atoms with Crippen LogP contribution in [0.15, 0.2) is 29.6 Å². The first-order chi connectivity index (χ1) is 18.4. The smallest absolute Gasteiger partial charge is 0.276 e. The molecule has 1 fully saturated rings. The van der Waals surface area contributed by atoms with Gasteiger partial charge in [0.2, 0.25) is 0 Å². The minimum Gasteiger partial charge on any atom is -0.337 e. The normalized spacial score (nSPS) is 16.1. The van der Waals surface area contributed by atoms with Crippen molar-refractivity contribution in [3.8, 4) is 0 Å². The van der Waals surface area contributed by atoms with Gasteiger partial charge in [-0.3, -0.25) is 14.4 Å². The van der Waals surface area contributed by atoms with Crippen LogP contribution in [0.1, 0.15) is 84.9 Å². The third kappa shape index (κ3) is 4.47. The summed E-state index contributed by atoms with van der Waals surface area (Å²) in [5.74, 6) is -0.0584. The molecule has 4 aromatic rings. The first-order valence-corrected chi connectivity index (χ1v) is 13.7. The number of fused-ring (bicyclic) bond motifs is 2. The molecule has 1 aliphatic carbocycles. The highest BCUT2D eigenvalue weighted by atomic mass is 32.1. The van der Waals surface area contributed by atoms with Crippen LogP contribution < -0.4 is 5.32 Å². The highest BCUT2D eigenvalue weighted by molar-refractivity contribution is 7.10. The van der Waals surface area contributed by atoms with E-state index in [-0.39, 0.29) is 23.5 Å². The molecule has 1 aliphatic heterocycles. The maximum Gasteiger partial charge on any atom is 0.276 e. The molecule has 1 N–H and O–H groups in total. The van der Waals surface area contributed by atoms with Crippen molar-refractivity contribution in [1.29, 1.82) is 0 Å². The maximum atomic E-state index is 13.2. The van der Waals surface area contributed by atoms with Crippen LogP contribution in [0.2, 0.25) is 0 Å². The zero-order valence-corrected chi connectivity index (χ0v) is 22.0. The Kier molecular flexibility index (Phi) is 6.22. The van der Waals surface area contributed by atoms with E-state index in [1.54, 1.807) is 26.9 Å². The van der Waals surface area contributed by atoms with Crippen LogP contribution in [0.5, 0.6) is 0 Å². The Morgan fingerprint density at radius 2 is 1.89 bits per heavy atom. The van der Waals surface area contributed by atoms with Gasteiger partial charge in [-0.05, 0) is 63.3 Å². The van der Waals surface area contributed by atoms with Crippen molar-refractivity contribution in [3.63, 3.8) is 0 Å². The van der Waals surface area contributed by atoms with Gasteiger partial charge in [0.05, 0.1) is 16.4 Å². The van der Waals surface area contributed by atoms with Crippen LogP contribution in [0, 0.1) is 13.8 Å². The molecule has 0 spiro atoms. The molecule has 3 aromatic heterocycles. The Bertz CT molecular complexity index is 1580. The first-order valence-electron chi connectivity index (χ1n) is 12.8. The molecule has 194 valence electrons. The second-order valence-electron chi connectivity index (χ2n) is 9.93. The molecular formula is C27H27N7O3S. The molecular weight excluding hydrogens is 502 g/mol. The maximum absolute atomic E-state index is 13.2. The third-order valence-corrected chi connectivity index (χ3v) is 8.33. The fraction of sp³-hybridized carbons (Fsp3) is 0.370. The van der Waals surface area contributed by atoms with Gasteiger partial charge in [0, 0.05) is 48.1 Å². The van der Waals surface area contributed by atoms with Crippen LogP contribution in [0.4, 0.5) is 5.69 Å². The molecule has 0 atom stereocenters. The van der Waals surface area contributed by atoms with Crippen molar-refractivity contribution in [2.24, 2.45) is 0 Å². The van der Waals surface area contributed by atoms with Crippen molar-refractivity contribution < 1.29 is 14.4 Å². The number of hydrogen-bond acceptors (Lipinski definition) is 8.